The number of nitrogens with zero attached hydrogens (tertiary/aromatic N) is 2. The molecule has 0 aliphatic rings. The van der Waals surface area contributed by atoms with Gasteiger partial charge in [0.25, 0.3) is 0 Å². The maximum absolute atomic E-state index is 13.0. The molecule has 1 aromatic carbocycles. The molecule has 0 saturated heterocycles. The number of aliphatic hydroxyl groups excluding tert-OH is 1. The molecule has 2 atom stereocenters. The number of hydrogen-bond acceptors (Lipinski definition) is 5. The Hall–Kier alpha value is -1.79. The highest BCUT2D eigenvalue weighted by molar-refractivity contribution is 5.30. The molecule has 1 heterocycles. The van der Waals surface area contributed by atoms with Gasteiger partial charge in [-0.3, -0.25) is 0 Å². The van der Waals surface area contributed by atoms with Crippen LogP contribution in [0.1, 0.15) is 44.1 Å². The fourth-order valence-corrected chi connectivity index (χ4v) is 1.83. The van der Waals surface area contributed by atoms with Gasteiger partial charge in [0.2, 0.25) is 5.89 Å². The van der Waals surface area contributed by atoms with Crippen molar-refractivity contribution in [1.82, 2.24) is 10.1 Å². The topological polar surface area (TPSA) is 85.2 Å². The minimum atomic E-state index is -0.780. The predicted molar refractivity (Wildman–Crippen MR) is 71.4 cm³/mol. The fraction of sp³-hybridized carbons (Fsp3) is 0.429. The van der Waals surface area contributed by atoms with Gasteiger partial charge in [0.15, 0.2) is 5.82 Å². The van der Waals surface area contributed by atoms with Crippen molar-refractivity contribution in [3.63, 3.8) is 0 Å². The number of hydrogen-bond donors (Lipinski definition) is 2. The monoisotopic (exact) mass is 279 g/mol. The third kappa shape index (κ3) is 2.71. The predicted octanol–water partition coefficient (Wildman–Crippen LogP) is 1.92. The van der Waals surface area contributed by atoms with Crippen molar-refractivity contribution in [3.05, 3.63) is 47.4 Å². The highest BCUT2D eigenvalue weighted by atomic mass is 19.1. The number of aromatic nitrogens is 2. The lowest BCUT2D eigenvalue weighted by molar-refractivity contribution is 0.146. The molecule has 0 bridgehead atoms. The summed E-state index contributed by atoms with van der Waals surface area (Å²) in [5, 5.41) is 13.4. The minimum Gasteiger partial charge on any atom is -0.391 e. The van der Waals surface area contributed by atoms with Crippen molar-refractivity contribution in [1.29, 1.82) is 0 Å². The zero-order valence-corrected chi connectivity index (χ0v) is 11.7. The van der Waals surface area contributed by atoms with Gasteiger partial charge in [0.1, 0.15) is 11.9 Å². The molecular formula is C14H18FN3O2. The summed E-state index contributed by atoms with van der Waals surface area (Å²) in [7, 11) is 0. The summed E-state index contributed by atoms with van der Waals surface area (Å²) in [6.45, 7) is 5.37. The number of benzene rings is 1. The Balaban J connectivity index is 2.32. The molecule has 1 aromatic heterocycles. The molecular weight excluding hydrogens is 261 g/mol. The number of halogens is 1. The van der Waals surface area contributed by atoms with Crippen molar-refractivity contribution in [2.75, 3.05) is 0 Å². The molecule has 2 rings (SSSR count). The lowest BCUT2D eigenvalue weighted by Crippen LogP contribution is -2.24. The normalized spacial score (nSPS) is 15.1. The van der Waals surface area contributed by atoms with E-state index in [0.717, 1.165) is 5.56 Å². The van der Waals surface area contributed by atoms with Gasteiger partial charge in [0, 0.05) is 0 Å². The highest BCUT2D eigenvalue weighted by Gasteiger charge is 2.30. The van der Waals surface area contributed by atoms with Crippen LogP contribution in [0.25, 0.3) is 0 Å². The molecule has 6 heteroatoms. The van der Waals surface area contributed by atoms with Crippen LogP contribution in [0, 0.1) is 5.82 Å². The Morgan fingerprint density at radius 3 is 2.45 bits per heavy atom. The quantitative estimate of drug-likeness (QED) is 0.893. The smallest absolute Gasteiger partial charge is 0.246 e. The first-order valence-electron chi connectivity index (χ1n) is 6.36. The maximum Gasteiger partial charge on any atom is 0.246 e. The van der Waals surface area contributed by atoms with E-state index in [0.29, 0.717) is 5.82 Å². The highest BCUT2D eigenvalue weighted by Crippen LogP contribution is 2.30. The third-order valence-electron chi connectivity index (χ3n) is 3.37. The minimum absolute atomic E-state index is 0.185. The van der Waals surface area contributed by atoms with Gasteiger partial charge in [-0.25, -0.2) is 4.39 Å². The van der Waals surface area contributed by atoms with Crippen molar-refractivity contribution in [3.8, 4) is 0 Å². The number of aliphatic hydroxyl groups is 1. The van der Waals surface area contributed by atoms with Gasteiger partial charge in [-0.1, -0.05) is 17.3 Å². The Kier molecular flexibility index (Phi) is 3.87. The molecule has 0 fully saturated rings. The summed E-state index contributed by atoms with van der Waals surface area (Å²) >= 11 is 0. The number of rotatable bonds is 4. The van der Waals surface area contributed by atoms with Crippen molar-refractivity contribution >= 4 is 0 Å². The van der Waals surface area contributed by atoms with Gasteiger partial charge in [0.05, 0.1) is 11.5 Å². The second-order valence-electron chi connectivity index (χ2n) is 5.35. The van der Waals surface area contributed by atoms with E-state index in [4.69, 9.17) is 10.3 Å². The van der Waals surface area contributed by atoms with Crippen LogP contribution >= 0.6 is 0 Å². The molecule has 3 N–H and O–H groups in total. The molecule has 5 nitrogen and oxygen atoms in total. The van der Waals surface area contributed by atoms with Crippen LogP contribution in [0.15, 0.2) is 28.8 Å². The second-order valence-corrected chi connectivity index (χ2v) is 5.35. The molecule has 0 aliphatic carbocycles. The van der Waals surface area contributed by atoms with E-state index in [1.807, 2.05) is 13.8 Å². The van der Waals surface area contributed by atoms with Gasteiger partial charge in [-0.2, -0.15) is 4.98 Å². The Morgan fingerprint density at radius 2 is 1.90 bits per heavy atom. The zero-order chi connectivity index (χ0) is 14.9. The Morgan fingerprint density at radius 1 is 1.30 bits per heavy atom. The summed E-state index contributed by atoms with van der Waals surface area (Å²) in [5.41, 5.74) is 6.07. The van der Waals surface area contributed by atoms with E-state index in [9.17, 15) is 9.50 Å². The second kappa shape index (κ2) is 5.30. The van der Waals surface area contributed by atoms with Crippen LogP contribution in [0.3, 0.4) is 0 Å². The molecule has 2 aromatic rings. The van der Waals surface area contributed by atoms with Crippen LogP contribution in [0.5, 0.6) is 0 Å². The molecule has 0 radical (unpaired) electrons. The van der Waals surface area contributed by atoms with Crippen LogP contribution in [0.4, 0.5) is 4.39 Å². The largest absolute Gasteiger partial charge is 0.391 e. The van der Waals surface area contributed by atoms with E-state index in [1.165, 1.54) is 12.1 Å². The third-order valence-corrected chi connectivity index (χ3v) is 3.37. The maximum atomic E-state index is 13.0. The summed E-state index contributed by atoms with van der Waals surface area (Å²) in [4.78, 5) is 4.25. The summed E-state index contributed by atoms with van der Waals surface area (Å²) in [6, 6.07) is 5.42. The van der Waals surface area contributed by atoms with Gasteiger partial charge in [-0.05, 0) is 38.5 Å². The molecule has 0 spiro atoms. The molecule has 2 unspecified atom stereocenters. The van der Waals surface area contributed by atoms with Crippen LogP contribution in [-0.2, 0) is 5.41 Å². The lowest BCUT2D eigenvalue weighted by atomic mass is 9.84. The van der Waals surface area contributed by atoms with E-state index in [2.05, 4.69) is 10.1 Å². The van der Waals surface area contributed by atoms with Gasteiger partial charge < -0.3 is 15.4 Å². The lowest BCUT2D eigenvalue weighted by Gasteiger charge is -2.20. The summed E-state index contributed by atoms with van der Waals surface area (Å²) in [6.07, 6.45) is -0.780. The Bertz CT molecular complexity index is 578. The van der Waals surface area contributed by atoms with Gasteiger partial charge >= 0.3 is 0 Å². The van der Waals surface area contributed by atoms with Crippen LogP contribution in [-0.4, -0.2) is 21.4 Å². The number of nitrogens with two attached hydrogens (primary N) is 1. The summed E-state index contributed by atoms with van der Waals surface area (Å²) in [5.74, 6) is 0.329. The average molecular weight is 279 g/mol. The average Bonchev–Trinajstić information content (AvgIpc) is 2.88. The fourth-order valence-electron chi connectivity index (χ4n) is 1.83. The SMILES string of the molecule is CC(O)C(N)c1nc(C(C)(C)c2ccc(F)cc2)no1. The molecule has 0 saturated carbocycles. The van der Waals surface area contributed by atoms with Crippen molar-refractivity contribution < 1.29 is 14.0 Å². The van der Waals surface area contributed by atoms with Crippen LogP contribution in [0.2, 0.25) is 0 Å². The molecule has 0 aliphatic heterocycles. The first-order valence-corrected chi connectivity index (χ1v) is 6.36. The van der Waals surface area contributed by atoms with E-state index in [1.54, 1.807) is 19.1 Å². The van der Waals surface area contributed by atoms with Gasteiger partial charge in [-0.15, -0.1) is 0 Å². The zero-order valence-electron chi connectivity index (χ0n) is 11.7. The first kappa shape index (κ1) is 14.6. The van der Waals surface area contributed by atoms with Crippen LogP contribution < -0.4 is 5.73 Å². The van der Waals surface area contributed by atoms with E-state index < -0.39 is 17.6 Å². The first-order chi connectivity index (χ1) is 9.32. The Labute approximate surface area is 116 Å². The molecule has 20 heavy (non-hydrogen) atoms. The molecule has 0 amide bonds. The van der Waals surface area contributed by atoms with Crippen molar-refractivity contribution in [2.45, 2.75) is 38.3 Å². The molecule has 108 valence electrons. The standard InChI is InChI=1S/C14H18FN3O2/c1-8(19)11(16)12-17-13(18-20-12)14(2,3)9-4-6-10(15)7-5-9/h4-8,11,19H,16H2,1-3H3. The van der Waals surface area contributed by atoms with E-state index >= 15 is 0 Å². The van der Waals surface area contributed by atoms with E-state index in [-0.39, 0.29) is 11.7 Å². The van der Waals surface area contributed by atoms with Crippen molar-refractivity contribution in [2.24, 2.45) is 5.73 Å². The summed E-state index contributed by atoms with van der Waals surface area (Å²) < 4.78 is 18.1.